The van der Waals surface area contributed by atoms with Crippen LogP contribution in [-0.2, 0) is 6.42 Å². The van der Waals surface area contributed by atoms with Gasteiger partial charge in [0.1, 0.15) is 5.75 Å². The predicted octanol–water partition coefficient (Wildman–Crippen LogP) is 3.02. The molecule has 0 bridgehead atoms. The molecular weight excluding hydrogens is 427 g/mol. The molecule has 0 aromatic heterocycles. The van der Waals surface area contributed by atoms with E-state index in [0.717, 1.165) is 31.8 Å². The lowest BCUT2D eigenvalue weighted by Gasteiger charge is -2.20. The van der Waals surface area contributed by atoms with Gasteiger partial charge in [-0.1, -0.05) is 19.1 Å². The number of halogens is 1. The van der Waals surface area contributed by atoms with Crippen molar-refractivity contribution in [1.29, 1.82) is 0 Å². The Morgan fingerprint density at radius 2 is 2.08 bits per heavy atom. The van der Waals surface area contributed by atoms with Gasteiger partial charge in [0.2, 0.25) is 0 Å². The molecule has 1 fully saturated rings. The lowest BCUT2D eigenvalue weighted by molar-refractivity contribution is 0.242. The minimum Gasteiger partial charge on any atom is -0.491 e. The summed E-state index contributed by atoms with van der Waals surface area (Å²) in [5.41, 5.74) is 7.25. The quantitative estimate of drug-likeness (QED) is 0.356. The van der Waals surface area contributed by atoms with E-state index in [1.807, 2.05) is 26.0 Å². The molecule has 5 nitrogen and oxygen atoms in total. The number of nitrogens with one attached hydrogen (secondary N) is 1. The lowest BCUT2D eigenvalue weighted by atomic mass is 10.1. The average Bonchev–Trinajstić information content (AvgIpc) is 3.01. The van der Waals surface area contributed by atoms with E-state index in [4.69, 9.17) is 10.5 Å². The molecule has 1 saturated heterocycles. The Labute approximate surface area is 169 Å². The van der Waals surface area contributed by atoms with E-state index in [9.17, 15) is 0 Å². The largest absolute Gasteiger partial charge is 0.491 e. The first-order chi connectivity index (χ1) is 11.6. The van der Waals surface area contributed by atoms with Crippen LogP contribution in [0.15, 0.2) is 29.3 Å². The van der Waals surface area contributed by atoms with Crippen molar-refractivity contribution in [3.63, 3.8) is 0 Å². The fourth-order valence-electron chi connectivity index (χ4n) is 3.12. The number of likely N-dealkylation sites (tertiary alicyclic amines) is 1. The number of nitrogens with zero attached hydrogens (tertiary/aromatic N) is 2. The molecule has 0 amide bonds. The van der Waals surface area contributed by atoms with Gasteiger partial charge >= 0.3 is 0 Å². The zero-order valence-corrected chi connectivity index (χ0v) is 18.0. The number of hydrogen-bond donors (Lipinski definition) is 2. The van der Waals surface area contributed by atoms with Gasteiger partial charge in [-0.25, -0.2) is 0 Å². The SMILES string of the molecule is CCN1CCCC1CN=C(N)NCCc1ccc(OC(C)C)cc1.I. The van der Waals surface area contributed by atoms with Crippen molar-refractivity contribution >= 4 is 29.9 Å². The van der Waals surface area contributed by atoms with Gasteiger partial charge < -0.3 is 15.8 Å². The molecule has 1 atom stereocenters. The summed E-state index contributed by atoms with van der Waals surface area (Å²) in [6.45, 7) is 10.2. The van der Waals surface area contributed by atoms with Crippen molar-refractivity contribution in [1.82, 2.24) is 10.2 Å². The van der Waals surface area contributed by atoms with Crippen LogP contribution >= 0.6 is 24.0 Å². The molecule has 6 heteroatoms. The lowest BCUT2D eigenvalue weighted by Crippen LogP contribution is -2.36. The molecule has 142 valence electrons. The maximum Gasteiger partial charge on any atom is 0.188 e. The van der Waals surface area contributed by atoms with Crippen molar-refractivity contribution in [2.45, 2.75) is 52.2 Å². The van der Waals surface area contributed by atoms with E-state index in [1.165, 1.54) is 24.9 Å². The highest BCUT2D eigenvalue weighted by atomic mass is 127. The first-order valence-corrected chi connectivity index (χ1v) is 9.12. The Bertz CT molecular complexity index is 519. The predicted molar refractivity (Wildman–Crippen MR) is 116 cm³/mol. The van der Waals surface area contributed by atoms with Gasteiger partial charge in [0.15, 0.2) is 5.96 Å². The van der Waals surface area contributed by atoms with E-state index in [2.05, 4.69) is 34.3 Å². The van der Waals surface area contributed by atoms with Gasteiger partial charge in [-0.15, -0.1) is 24.0 Å². The zero-order valence-electron chi connectivity index (χ0n) is 15.7. The highest BCUT2D eigenvalue weighted by molar-refractivity contribution is 14.0. The summed E-state index contributed by atoms with van der Waals surface area (Å²) in [5.74, 6) is 1.47. The number of guanidine groups is 1. The number of likely N-dealkylation sites (N-methyl/N-ethyl adjacent to an activating group) is 1. The highest BCUT2D eigenvalue weighted by Gasteiger charge is 2.22. The fraction of sp³-hybridized carbons (Fsp3) is 0.632. The third-order valence-electron chi connectivity index (χ3n) is 4.39. The number of ether oxygens (including phenoxy) is 1. The Balaban J connectivity index is 0.00000312. The van der Waals surface area contributed by atoms with Gasteiger partial charge in [0.05, 0.1) is 12.6 Å². The summed E-state index contributed by atoms with van der Waals surface area (Å²) in [6, 6.07) is 8.80. The molecule has 0 aliphatic carbocycles. The van der Waals surface area contributed by atoms with Crippen LogP contribution in [0.1, 0.15) is 39.2 Å². The number of benzene rings is 1. The van der Waals surface area contributed by atoms with Crippen LogP contribution in [0.5, 0.6) is 5.75 Å². The molecule has 1 heterocycles. The molecule has 1 aliphatic heterocycles. The Morgan fingerprint density at radius 1 is 1.36 bits per heavy atom. The summed E-state index contributed by atoms with van der Waals surface area (Å²) in [6.07, 6.45) is 3.63. The Hall–Kier alpha value is -1.02. The van der Waals surface area contributed by atoms with Crippen molar-refractivity contribution < 1.29 is 4.74 Å². The summed E-state index contributed by atoms with van der Waals surface area (Å²) in [5, 5.41) is 3.21. The van der Waals surface area contributed by atoms with Crippen LogP contribution in [0.4, 0.5) is 0 Å². The standard InChI is InChI=1S/C19H32N4O.HI/c1-4-23-13-5-6-17(23)14-22-19(20)21-12-11-16-7-9-18(10-8-16)24-15(2)3;/h7-10,15,17H,4-6,11-14H2,1-3H3,(H3,20,21,22);1H. The van der Waals surface area contributed by atoms with E-state index in [0.29, 0.717) is 12.0 Å². The average molecular weight is 460 g/mol. The molecule has 1 aliphatic rings. The van der Waals surface area contributed by atoms with Gasteiger partial charge in [0, 0.05) is 12.6 Å². The van der Waals surface area contributed by atoms with E-state index in [1.54, 1.807) is 0 Å². The molecule has 25 heavy (non-hydrogen) atoms. The van der Waals surface area contributed by atoms with Gasteiger partial charge in [-0.2, -0.15) is 0 Å². The first kappa shape index (κ1) is 22.0. The van der Waals surface area contributed by atoms with Gasteiger partial charge in [-0.3, -0.25) is 9.89 Å². The van der Waals surface area contributed by atoms with Crippen LogP contribution in [0, 0.1) is 0 Å². The first-order valence-electron chi connectivity index (χ1n) is 9.12. The minimum atomic E-state index is 0. The molecule has 2 rings (SSSR count). The second kappa shape index (κ2) is 11.6. The van der Waals surface area contributed by atoms with Crippen LogP contribution in [0.2, 0.25) is 0 Å². The van der Waals surface area contributed by atoms with Crippen molar-refractivity contribution in [2.24, 2.45) is 10.7 Å². The van der Waals surface area contributed by atoms with E-state index < -0.39 is 0 Å². The van der Waals surface area contributed by atoms with Crippen molar-refractivity contribution in [3.05, 3.63) is 29.8 Å². The number of rotatable bonds is 8. The van der Waals surface area contributed by atoms with Gasteiger partial charge in [0.25, 0.3) is 0 Å². The van der Waals surface area contributed by atoms with E-state index >= 15 is 0 Å². The molecule has 1 aromatic rings. The molecule has 0 spiro atoms. The molecule has 0 saturated carbocycles. The van der Waals surface area contributed by atoms with Crippen molar-refractivity contribution in [3.8, 4) is 5.75 Å². The van der Waals surface area contributed by atoms with Crippen LogP contribution in [0.3, 0.4) is 0 Å². The fourth-order valence-corrected chi connectivity index (χ4v) is 3.12. The summed E-state index contributed by atoms with van der Waals surface area (Å²) in [7, 11) is 0. The summed E-state index contributed by atoms with van der Waals surface area (Å²) in [4.78, 5) is 6.99. The number of aliphatic imine (C=N–C) groups is 1. The minimum absolute atomic E-state index is 0. The molecular formula is C19H33IN4O. The summed E-state index contributed by atoms with van der Waals surface area (Å²) < 4.78 is 5.65. The van der Waals surface area contributed by atoms with E-state index in [-0.39, 0.29) is 30.1 Å². The third-order valence-corrected chi connectivity index (χ3v) is 4.39. The Morgan fingerprint density at radius 3 is 2.72 bits per heavy atom. The maximum atomic E-state index is 5.98. The molecule has 1 unspecified atom stereocenters. The smallest absolute Gasteiger partial charge is 0.188 e. The highest BCUT2D eigenvalue weighted by Crippen LogP contribution is 2.16. The number of nitrogens with two attached hydrogens (primary N) is 1. The maximum absolute atomic E-state index is 5.98. The van der Waals surface area contributed by atoms with Crippen molar-refractivity contribution in [2.75, 3.05) is 26.2 Å². The molecule has 1 aromatic carbocycles. The molecule has 3 N–H and O–H groups in total. The van der Waals surface area contributed by atoms with Gasteiger partial charge in [-0.05, 0) is 63.9 Å². The second-order valence-corrected chi connectivity index (χ2v) is 6.64. The van der Waals surface area contributed by atoms with Crippen LogP contribution < -0.4 is 15.8 Å². The van der Waals surface area contributed by atoms with Crippen LogP contribution in [0.25, 0.3) is 0 Å². The second-order valence-electron chi connectivity index (χ2n) is 6.64. The summed E-state index contributed by atoms with van der Waals surface area (Å²) >= 11 is 0. The molecule has 0 radical (unpaired) electrons. The zero-order chi connectivity index (χ0) is 17.4. The third kappa shape index (κ3) is 7.81. The monoisotopic (exact) mass is 460 g/mol. The normalized spacial score (nSPS) is 18.2. The topological polar surface area (TPSA) is 62.9 Å². The van der Waals surface area contributed by atoms with Crippen LogP contribution in [-0.4, -0.2) is 49.2 Å². The Kier molecular flexibility index (Phi) is 10.2. The number of hydrogen-bond acceptors (Lipinski definition) is 3.